The van der Waals surface area contributed by atoms with E-state index in [0.29, 0.717) is 12.5 Å². The van der Waals surface area contributed by atoms with Crippen LogP contribution in [0.1, 0.15) is 19.4 Å². The van der Waals surface area contributed by atoms with Gasteiger partial charge in [-0.2, -0.15) is 4.98 Å². The number of hydrogen-bond acceptors (Lipinski definition) is 4. The SMILES string of the molecule is COc1cn(Cc2ccc(F)cc2)c(NC2C=C(C)C=CC2C)nc1=O. The average Bonchev–Trinajstić information content (AvgIpc) is 2.62. The Morgan fingerprint density at radius 1 is 1.31 bits per heavy atom. The van der Waals surface area contributed by atoms with E-state index in [-0.39, 0.29) is 23.5 Å². The molecule has 2 aromatic rings. The van der Waals surface area contributed by atoms with Crippen molar-refractivity contribution < 1.29 is 9.13 Å². The number of rotatable bonds is 5. The molecule has 0 aliphatic heterocycles. The molecule has 2 unspecified atom stereocenters. The maximum atomic E-state index is 13.2. The first-order chi connectivity index (χ1) is 12.5. The molecule has 1 N–H and O–H groups in total. The predicted molar refractivity (Wildman–Crippen MR) is 100 cm³/mol. The van der Waals surface area contributed by atoms with Crippen molar-refractivity contribution in [1.29, 1.82) is 0 Å². The first-order valence-electron chi connectivity index (χ1n) is 8.49. The molecule has 136 valence electrons. The van der Waals surface area contributed by atoms with Crippen LogP contribution in [0.2, 0.25) is 0 Å². The third kappa shape index (κ3) is 4.02. The Balaban J connectivity index is 1.95. The minimum atomic E-state index is -0.426. The van der Waals surface area contributed by atoms with Crippen molar-refractivity contribution in [2.75, 3.05) is 12.4 Å². The second-order valence-electron chi connectivity index (χ2n) is 6.49. The fraction of sp³-hybridized carbons (Fsp3) is 0.300. The molecule has 0 saturated heterocycles. The standard InChI is InChI=1S/C20H22FN3O2/c1-13-4-5-14(2)17(10-13)22-20-23-19(25)18(26-3)12-24(20)11-15-6-8-16(21)9-7-15/h4-10,12,14,17H,11H2,1-3H3,(H,22,23,25). The Hall–Kier alpha value is -2.89. The number of nitrogens with zero attached hydrogens (tertiary/aromatic N) is 2. The number of allylic oxidation sites excluding steroid dienone is 2. The second kappa shape index (κ2) is 7.56. The van der Waals surface area contributed by atoms with Gasteiger partial charge in [0.05, 0.1) is 25.9 Å². The Bertz CT molecular complexity index is 900. The van der Waals surface area contributed by atoms with E-state index in [2.05, 4.69) is 35.5 Å². The Labute approximate surface area is 151 Å². The quantitative estimate of drug-likeness (QED) is 0.893. The topological polar surface area (TPSA) is 56.1 Å². The van der Waals surface area contributed by atoms with Crippen molar-refractivity contribution in [3.8, 4) is 5.75 Å². The molecule has 0 bridgehead atoms. The summed E-state index contributed by atoms with van der Waals surface area (Å²) in [5.41, 5.74) is 1.62. The Morgan fingerprint density at radius 2 is 2.04 bits per heavy atom. The smallest absolute Gasteiger partial charge is 0.316 e. The van der Waals surface area contributed by atoms with E-state index in [0.717, 1.165) is 11.1 Å². The molecule has 0 saturated carbocycles. The highest BCUT2D eigenvalue weighted by Crippen LogP contribution is 2.21. The van der Waals surface area contributed by atoms with Crippen LogP contribution in [0.4, 0.5) is 10.3 Å². The zero-order chi connectivity index (χ0) is 18.7. The van der Waals surface area contributed by atoms with Gasteiger partial charge in [-0.05, 0) is 30.5 Å². The van der Waals surface area contributed by atoms with Gasteiger partial charge in [-0.25, -0.2) is 4.39 Å². The van der Waals surface area contributed by atoms with Gasteiger partial charge in [-0.3, -0.25) is 4.79 Å². The average molecular weight is 355 g/mol. The number of anilines is 1. The summed E-state index contributed by atoms with van der Waals surface area (Å²) in [4.78, 5) is 16.3. The van der Waals surface area contributed by atoms with Gasteiger partial charge in [0, 0.05) is 0 Å². The molecule has 0 amide bonds. The lowest BCUT2D eigenvalue weighted by atomic mass is 9.94. The number of halogens is 1. The van der Waals surface area contributed by atoms with Crippen LogP contribution < -0.4 is 15.6 Å². The van der Waals surface area contributed by atoms with E-state index in [4.69, 9.17) is 4.74 Å². The molecule has 1 aromatic heterocycles. The molecule has 1 heterocycles. The number of methoxy groups -OCH3 is 1. The van der Waals surface area contributed by atoms with Gasteiger partial charge in [0.2, 0.25) is 11.7 Å². The van der Waals surface area contributed by atoms with Crippen LogP contribution in [0, 0.1) is 11.7 Å². The van der Waals surface area contributed by atoms with Crippen LogP contribution in [0.15, 0.2) is 59.1 Å². The largest absolute Gasteiger partial charge is 0.490 e. The van der Waals surface area contributed by atoms with Crippen molar-refractivity contribution in [2.24, 2.45) is 5.92 Å². The van der Waals surface area contributed by atoms with Gasteiger partial charge in [0.1, 0.15) is 5.82 Å². The third-order valence-corrected chi connectivity index (χ3v) is 4.42. The molecule has 1 aromatic carbocycles. The first-order valence-corrected chi connectivity index (χ1v) is 8.49. The van der Waals surface area contributed by atoms with Crippen molar-refractivity contribution in [3.05, 3.63) is 76.0 Å². The van der Waals surface area contributed by atoms with Crippen molar-refractivity contribution in [2.45, 2.75) is 26.4 Å². The van der Waals surface area contributed by atoms with E-state index in [1.54, 1.807) is 18.3 Å². The summed E-state index contributed by atoms with van der Waals surface area (Å²) in [5, 5.41) is 3.35. The molecular weight excluding hydrogens is 333 g/mol. The summed E-state index contributed by atoms with van der Waals surface area (Å²) in [6.45, 7) is 4.57. The van der Waals surface area contributed by atoms with Crippen LogP contribution in [0.3, 0.4) is 0 Å². The predicted octanol–water partition coefficient (Wildman–Crippen LogP) is 3.37. The van der Waals surface area contributed by atoms with Gasteiger partial charge < -0.3 is 14.6 Å². The summed E-state index contributed by atoms with van der Waals surface area (Å²) in [6.07, 6.45) is 7.94. The molecule has 3 rings (SSSR count). The second-order valence-corrected chi connectivity index (χ2v) is 6.49. The normalized spacial score (nSPS) is 19.2. The first kappa shape index (κ1) is 17.9. The summed E-state index contributed by atoms with van der Waals surface area (Å²) in [7, 11) is 1.44. The molecular formula is C20H22FN3O2. The van der Waals surface area contributed by atoms with Gasteiger partial charge in [-0.15, -0.1) is 0 Å². The van der Waals surface area contributed by atoms with Crippen LogP contribution >= 0.6 is 0 Å². The number of nitrogens with one attached hydrogen (secondary N) is 1. The zero-order valence-electron chi connectivity index (χ0n) is 15.1. The summed E-state index contributed by atoms with van der Waals surface area (Å²) in [6, 6.07) is 6.27. The molecule has 2 atom stereocenters. The maximum Gasteiger partial charge on any atom is 0.316 e. The highest BCUT2D eigenvalue weighted by atomic mass is 19.1. The fourth-order valence-electron chi connectivity index (χ4n) is 2.87. The van der Waals surface area contributed by atoms with Crippen LogP contribution in [-0.4, -0.2) is 22.7 Å². The van der Waals surface area contributed by atoms with Crippen molar-refractivity contribution >= 4 is 5.95 Å². The highest BCUT2D eigenvalue weighted by Gasteiger charge is 2.19. The maximum absolute atomic E-state index is 13.2. The lowest BCUT2D eigenvalue weighted by Crippen LogP contribution is -2.30. The van der Waals surface area contributed by atoms with Crippen LogP contribution in [0.25, 0.3) is 0 Å². The van der Waals surface area contributed by atoms with Crippen LogP contribution in [0.5, 0.6) is 5.75 Å². The van der Waals surface area contributed by atoms with E-state index < -0.39 is 5.56 Å². The number of aromatic nitrogens is 2. The molecule has 1 aliphatic carbocycles. The molecule has 0 fully saturated rings. The Kier molecular flexibility index (Phi) is 5.21. The van der Waals surface area contributed by atoms with Crippen molar-refractivity contribution in [1.82, 2.24) is 9.55 Å². The fourth-order valence-corrected chi connectivity index (χ4v) is 2.87. The van der Waals surface area contributed by atoms with Crippen molar-refractivity contribution in [3.63, 3.8) is 0 Å². The molecule has 1 aliphatic rings. The molecule has 26 heavy (non-hydrogen) atoms. The monoisotopic (exact) mass is 355 g/mol. The van der Waals surface area contributed by atoms with Gasteiger partial charge in [0.15, 0.2) is 0 Å². The zero-order valence-corrected chi connectivity index (χ0v) is 15.1. The third-order valence-electron chi connectivity index (χ3n) is 4.42. The lowest BCUT2D eigenvalue weighted by Gasteiger charge is -2.25. The van der Waals surface area contributed by atoms with Crippen LogP contribution in [-0.2, 0) is 6.54 Å². The number of ether oxygens (including phenoxy) is 1. The van der Waals surface area contributed by atoms with Gasteiger partial charge in [-0.1, -0.05) is 42.9 Å². The summed E-state index contributed by atoms with van der Waals surface area (Å²) >= 11 is 0. The van der Waals surface area contributed by atoms with Gasteiger partial charge in [0.25, 0.3) is 0 Å². The molecule has 6 heteroatoms. The van der Waals surface area contributed by atoms with E-state index >= 15 is 0 Å². The lowest BCUT2D eigenvalue weighted by molar-refractivity contribution is 0.402. The summed E-state index contributed by atoms with van der Waals surface area (Å²) < 4.78 is 20.1. The Morgan fingerprint density at radius 3 is 2.73 bits per heavy atom. The molecule has 0 spiro atoms. The van der Waals surface area contributed by atoms with E-state index in [9.17, 15) is 9.18 Å². The number of hydrogen-bond donors (Lipinski definition) is 1. The number of benzene rings is 1. The van der Waals surface area contributed by atoms with E-state index in [1.807, 2.05) is 11.5 Å². The molecule has 5 nitrogen and oxygen atoms in total. The minimum Gasteiger partial charge on any atom is -0.490 e. The summed E-state index contributed by atoms with van der Waals surface area (Å²) in [5.74, 6) is 0.598. The highest BCUT2D eigenvalue weighted by molar-refractivity contribution is 5.38. The minimum absolute atomic E-state index is 0.0276. The molecule has 0 radical (unpaired) electrons. The van der Waals surface area contributed by atoms with E-state index in [1.165, 1.54) is 19.2 Å². The van der Waals surface area contributed by atoms with Gasteiger partial charge >= 0.3 is 5.56 Å².